The van der Waals surface area contributed by atoms with Crippen LogP contribution >= 0.6 is 0 Å². The minimum Gasteiger partial charge on any atom is -0.358 e. The van der Waals surface area contributed by atoms with Crippen LogP contribution in [0.4, 0.5) is 4.79 Å². The Bertz CT molecular complexity index is 808. The third kappa shape index (κ3) is 2.78. The molecule has 1 saturated heterocycles. The number of nitrogens with zero attached hydrogens (tertiary/aromatic N) is 1. The Balaban J connectivity index is 1.60. The van der Waals surface area contributed by atoms with Gasteiger partial charge in [-0.2, -0.15) is 0 Å². The number of urea groups is 1. The number of nitrogens with one attached hydrogen (secondary N) is 3. The summed E-state index contributed by atoms with van der Waals surface area (Å²) in [5.74, 6) is 0.461. The highest BCUT2D eigenvalue weighted by atomic mass is 16.2. The van der Waals surface area contributed by atoms with Crippen LogP contribution < -0.4 is 10.6 Å². The van der Waals surface area contributed by atoms with E-state index in [2.05, 4.69) is 40.7 Å². The number of aryl methyl sites for hydroxylation is 1. The van der Waals surface area contributed by atoms with Gasteiger partial charge in [0.25, 0.3) is 0 Å². The second-order valence-electron chi connectivity index (χ2n) is 7.59. The van der Waals surface area contributed by atoms with Crippen LogP contribution in [0.25, 0.3) is 10.9 Å². The van der Waals surface area contributed by atoms with Crippen molar-refractivity contribution in [2.75, 3.05) is 19.6 Å². The van der Waals surface area contributed by atoms with Crippen molar-refractivity contribution in [2.45, 2.75) is 58.0 Å². The molecular weight excluding hydrogens is 324 g/mol. The average molecular weight is 354 g/mol. The third-order valence-electron chi connectivity index (χ3n) is 6.25. The zero-order chi connectivity index (χ0) is 18.3. The van der Waals surface area contributed by atoms with Crippen molar-refractivity contribution in [2.24, 2.45) is 0 Å². The fourth-order valence-corrected chi connectivity index (χ4v) is 4.89. The number of piperidine rings is 1. The van der Waals surface area contributed by atoms with Gasteiger partial charge in [0.15, 0.2) is 0 Å². The van der Waals surface area contributed by atoms with Gasteiger partial charge in [-0.3, -0.25) is 0 Å². The standard InChI is InChI=1S/C21H30N4O/c1-4-17-16-11-19-15(14-8-7-9-18(24-17)20(14)16)10-13(12-22-19)23-21(26)25(5-2)6-3/h7-9,13,15,19,22,24H,4-6,10-12H2,1-3H3,(H,23,26)/t13-,15+,19+/m0/s1. The summed E-state index contributed by atoms with van der Waals surface area (Å²) in [5.41, 5.74) is 5.59. The van der Waals surface area contributed by atoms with Gasteiger partial charge in [0.2, 0.25) is 0 Å². The average Bonchev–Trinajstić information content (AvgIpc) is 3.02. The van der Waals surface area contributed by atoms with Crippen molar-refractivity contribution in [1.82, 2.24) is 20.5 Å². The molecule has 1 fully saturated rings. The summed E-state index contributed by atoms with van der Waals surface area (Å²) >= 11 is 0. The van der Waals surface area contributed by atoms with Crippen LogP contribution in [-0.4, -0.2) is 47.6 Å². The summed E-state index contributed by atoms with van der Waals surface area (Å²) in [6, 6.07) is 7.35. The molecule has 0 radical (unpaired) electrons. The number of hydrogen-bond acceptors (Lipinski definition) is 2. The van der Waals surface area contributed by atoms with Crippen LogP contribution in [0.2, 0.25) is 0 Å². The number of amides is 2. The van der Waals surface area contributed by atoms with Gasteiger partial charge in [0.1, 0.15) is 0 Å². The molecule has 3 N–H and O–H groups in total. The fraction of sp³-hybridized carbons (Fsp3) is 0.571. The molecule has 3 atom stereocenters. The SMILES string of the molecule is CCc1[nH]c2cccc3c2c1C[C@H]1NC[C@@H](NC(=O)N(CC)CC)C[C@H]31. The van der Waals surface area contributed by atoms with Crippen LogP contribution in [0.5, 0.6) is 0 Å². The smallest absolute Gasteiger partial charge is 0.317 e. The van der Waals surface area contributed by atoms with Crippen molar-refractivity contribution >= 4 is 16.9 Å². The topological polar surface area (TPSA) is 60.2 Å². The summed E-state index contributed by atoms with van der Waals surface area (Å²) in [5, 5.41) is 8.41. The second kappa shape index (κ2) is 6.95. The first-order valence-electron chi connectivity index (χ1n) is 10.1. The van der Waals surface area contributed by atoms with Crippen molar-refractivity contribution in [3.8, 4) is 0 Å². The van der Waals surface area contributed by atoms with E-state index < -0.39 is 0 Å². The number of carbonyl (C=O) groups is 1. The molecule has 1 aliphatic carbocycles. The highest BCUT2D eigenvalue weighted by Gasteiger charge is 2.37. The Hall–Kier alpha value is -2.01. The number of H-pyrrole nitrogens is 1. The molecule has 5 heteroatoms. The molecule has 26 heavy (non-hydrogen) atoms. The molecule has 0 unspecified atom stereocenters. The molecule has 2 aromatic rings. The van der Waals surface area contributed by atoms with E-state index in [9.17, 15) is 4.79 Å². The molecule has 2 aliphatic rings. The van der Waals surface area contributed by atoms with Gasteiger partial charge in [-0.25, -0.2) is 4.79 Å². The van der Waals surface area contributed by atoms with E-state index in [-0.39, 0.29) is 12.1 Å². The van der Waals surface area contributed by atoms with E-state index in [4.69, 9.17) is 0 Å². The molecule has 4 rings (SSSR count). The number of aromatic amines is 1. The van der Waals surface area contributed by atoms with E-state index >= 15 is 0 Å². The summed E-state index contributed by atoms with van der Waals surface area (Å²) in [4.78, 5) is 17.9. The zero-order valence-electron chi connectivity index (χ0n) is 16.1. The molecule has 1 aromatic carbocycles. The molecule has 1 aromatic heterocycles. The number of rotatable bonds is 4. The van der Waals surface area contributed by atoms with E-state index in [0.717, 1.165) is 38.9 Å². The largest absolute Gasteiger partial charge is 0.358 e. The minimum atomic E-state index is 0.0601. The number of benzene rings is 1. The Morgan fingerprint density at radius 2 is 2.08 bits per heavy atom. The van der Waals surface area contributed by atoms with Crippen molar-refractivity contribution in [1.29, 1.82) is 0 Å². The van der Waals surface area contributed by atoms with Crippen LogP contribution in [0.1, 0.15) is 49.9 Å². The highest BCUT2D eigenvalue weighted by Crippen LogP contribution is 2.42. The number of fused-ring (bicyclic) bond motifs is 2. The van der Waals surface area contributed by atoms with Crippen LogP contribution in [0, 0.1) is 0 Å². The Morgan fingerprint density at radius 3 is 2.81 bits per heavy atom. The molecule has 0 bridgehead atoms. The van der Waals surface area contributed by atoms with Gasteiger partial charge in [-0.1, -0.05) is 19.1 Å². The maximum absolute atomic E-state index is 12.4. The lowest BCUT2D eigenvalue weighted by Gasteiger charge is -2.41. The summed E-state index contributed by atoms with van der Waals surface area (Å²) in [6.07, 6.45) is 3.14. The molecule has 0 spiro atoms. The molecular formula is C21H30N4O. The Labute approximate surface area is 155 Å². The predicted molar refractivity (Wildman–Crippen MR) is 106 cm³/mol. The molecule has 2 heterocycles. The Morgan fingerprint density at radius 1 is 1.27 bits per heavy atom. The normalized spacial score (nSPS) is 24.3. The van der Waals surface area contributed by atoms with Gasteiger partial charge in [-0.05, 0) is 50.3 Å². The monoisotopic (exact) mass is 354 g/mol. The maximum atomic E-state index is 12.4. The van der Waals surface area contributed by atoms with E-state index in [0.29, 0.717) is 12.0 Å². The van der Waals surface area contributed by atoms with E-state index in [1.54, 1.807) is 0 Å². The fourth-order valence-electron chi connectivity index (χ4n) is 4.89. The summed E-state index contributed by atoms with van der Waals surface area (Å²) in [7, 11) is 0. The van der Waals surface area contributed by atoms with E-state index in [1.165, 1.54) is 27.7 Å². The molecule has 140 valence electrons. The van der Waals surface area contributed by atoms with E-state index in [1.807, 2.05) is 18.7 Å². The first kappa shape index (κ1) is 17.4. The Kier molecular flexibility index (Phi) is 4.65. The van der Waals surface area contributed by atoms with Crippen molar-refractivity contribution in [3.05, 3.63) is 35.0 Å². The van der Waals surface area contributed by atoms with Crippen LogP contribution in [-0.2, 0) is 12.8 Å². The van der Waals surface area contributed by atoms with Crippen LogP contribution in [0.3, 0.4) is 0 Å². The molecule has 1 aliphatic heterocycles. The molecule has 5 nitrogen and oxygen atoms in total. The van der Waals surface area contributed by atoms with Gasteiger partial charge < -0.3 is 20.5 Å². The van der Waals surface area contributed by atoms with Gasteiger partial charge in [0, 0.05) is 54.2 Å². The maximum Gasteiger partial charge on any atom is 0.317 e. The quantitative estimate of drug-likeness (QED) is 0.790. The predicted octanol–water partition coefficient (Wildman–Crippen LogP) is 3.15. The summed E-state index contributed by atoms with van der Waals surface area (Å²) in [6.45, 7) is 8.63. The first-order chi connectivity index (χ1) is 12.7. The number of hydrogen-bond donors (Lipinski definition) is 3. The number of carbonyl (C=O) groups excluding carboxylic acids is 1. The lowest BCUT2D eigenvalue weighted by Crippen LogP contribution is -2.56. The summed E-state index contributed by atoms with van der Waals surface area (Å²) < 4.78 is 0. The number of aromatic nitrogens is 1. The van der Waals surface area contributed by atoms with Gasteiger partial charge >= 0.3 is 6.03 Å². The minimum absolute atomic E-state index is 0.0601. The van der Waals surface area contributed by atoms with Crippen molar-refractivity contribution in [3.63, 3.8) is 0 Å². The lowest BCUT2D eigenvalue weighted by atomic mass is 9.74. The lowest BCUT2D eigenvalue weighted by molar-refractivity contribution is 0.191. The zero-order valence-corrected chi connectivity index (χ0v) is 16.1. The van der Waals surface area contributed by atoms with Gasteiger partial charge in [-0.15, -0.1) is 0 Å². The highest BCUT2D eigenvalue weighted by molar-refractivity contribution is 5.89. The first-order valence-corrected chi connectivity index (χ1v) is 10.1. The molecule has 0 saturated carbocycles. The van der Waals surface area contributed by atoms with Crippen LogP contribution in [0.15, 0.2) is 18.2 Å². The van der Waals surface area contributed by atoms with Gasteiger partial charge in [0.05, 0.1) is 0 Å². The van der Waals surface area contributed by atoms with Crippen molar-refractivity contribution < 1.29 is 4.79 Å². The second-order valence-corrected chi connectivity index (χ2v) is 7.59. The third-order valence-corrected chi connectivity index (χ3v) is 6.25. The molecule has 2 amide bonds.